The van der Waals surface area contributed by atoms with E-state index in [9.17, 15) is 14.7 Å². The van der Waals surface area contributed by atoms with Gasteiger partial charge in [0.15, 0.2) is 5.43 Å². The number of nitrogens with zero attached hydrogens (tertiary/aromatic N) is 3. The second kappa shape index (κ2) is 9.41. The molecule has 7 heteroatoms. The number of piperidine rings is 1. The molecule has 2 N–H and O–H groups in total. The first kappa shape index (κ1) is 21.7. The number of aromatic nitrogens is 3. The fourth-order valence-corrected chi connectivity index (χ4v) is 4.10. The molecule has 0 aliphatic carbocycles. The summed E-state index contributed by atoms with van der Waals surface area (Å²) in [6.07, 6.45) is 8.13. The third-order valence-corrected chi connectivity index (χ3v) is 6.05. The van der Waals surface area contributed by atoms with Crippen LogP contribution in [0.2, 0.25) is 0 Å². The minimum absolute atomic E-state index is 0.000507. The third-order valence-electron chi connectivity index (χ3n) is 6.05. The van der Waals surface area contributed by atoms with Crippen LogP contribution < -0.4 is 5.43 Å². The second-order valence-electron chi connectivity index (χ2n) is 8.39. The molecule has 0 spiro atoms. The Balaban J connectivity index is 1.32. The lowest BCUT2D eigenvalue weighted by Gasteiger charge is -2.29. The maximum absolute atomic E-state index is 12.7. The highest BCUT2D eigenvalue weighted by Crippen LogP contribution is 2.22. The minimum Gasteiger partial charge on any atom is -0.393 e. The van der Waals surface area contributed by atoms with Crippen molar-refractivity contribution >= 4 is 29.1 Å². The maximum Gasteiger partial charge on any atom is 0.253 e. The van der Waals surface area contributed by atoms with Gasteiger partial charge in [0.05, 0.1) is 17.2 Å². The minimum atomic E-state index is -0.302. The molecule has 7 nitrogen and oxygen atoms in total. The van der Waals surface area contributed by atoms with Gasteiger partial charge in [-0.25, -0.2) is 4.98 Å². The molecule has 1 aliphatic heterocycles. The van der Waals surface area contributed by atoms with E-state index in [1.165, 1.54) is 6.07 Å². The Bertz CT molecular complexity index is 1420. The number of aliphatic hydroxyl groups is 1. The molecule has 1 amide bonds. The number of likely N-dealkylation sites (tertiary alicyclic amines) is 1. The molecule has 3 aromatic heterocycles. The number of hydrogen-bond acceptors (Lipinski definition) is 5. The van der Waals surface area contributed by atoms with Crippen molar-refractivity contribution in [2.45, 2.75) is 18.9 Å². The molecular weight excluding hydrogens is 428 g/mol. The van der Waals surface area contributed by atoms with Gasteiger partial charge in [0.2, 0.25) is 0 Å². The van der Waals surface area contributed by atoms with Crippen LogP contribution in [0.1, 0.15) is 34.5 Å². The lowest BCUT2D eigenvalue weighted by molar-refractivity contribution is 0.0546. The highest BCUT2D eigenvalue weighted by Gasteiger charge is 2.22. The number of carbonyl (C=O) groups excluding carboxylic acids is 1. The number of rotatable bonds is 4. The standard InChI is InChI=1S/C27H24N4O3/c32-22-10-14-31(15-11-22)27(34)19-6-3-18(4-7-19)5-8-21-16-20(9-13-28-21)24-17-23-25(33)2-1-12-29-26(23)30-24/h1-9,12-13,16-17,22,30,32H,10-11,14-15H2/b8-5+. The zero-order valence-electron chi connectivity index (χ0n) is 18.5. The van der Waals surface area contributed by atoms with Gasteiger partial charge in [-0.2, -0.15) is 0 Å². The number of carbonyl (C=O) groups is 1. The molecule has 1 saturated heterocycles. The number of amides is 1. The van der Waals surface area contributed by atoms with Crippen LogP contribution in [-0.2, 0) is 0 Å². The van der Waals surface area contributed by atoms with Gasteiger partial charge in [-0.3, -0.25) is 14.6 Å². The van der Waals surface area contributed by atoms with Crippen LogP contribution in [0.25, 0.3) is 34.4 Å². The van der Waals surface area contributed by atoms with Crippen LogP contribution in [-0.4, -0.2) is 50.1 Å². The number of nitrogens with one attached hydrogen (secondary N) is 1. The average Bonchev–Trinajstić information content (AvgIpc) is 3.22. The summed E-state index contributed by atoms with van der Waals surface area (Å²) >= 11 is 0. The summed E-state index contributed by atoms with van der Waals surface area (Å²) in [6.45, 7) is 1.18. The van der Waals surface area contributed by atoms with Crippen LogP contribution in [0.15, 0.2) is 71.8 Å². The molecule has 4 heterocycles. The number of H-pyrrole nitrogens is 1. The Labute approximate surface area is 196 Å². The van der Waals surface area contributed by atoms with E-state index in [0.717, 1.165) is 22.5 Å². The lowest BCUT2D eigenvalue weighted by Crippen LogP contribution is -2.40. The number of aromatic amines is 1. The summed E-state index contributed by atoms with van der Waals surface area (Å²) in [5, 5.41) is 10.2. The van der Waals surface area contributed by atoms with Crippen LogP contribution in [0.3, 0.4) is 0 Å². The van der Waals surface area contributed by atoms with E-state index in [1.807, 2.05) is 54.6 Å². The van der Waals surface area contributed by atoms with E-state index in [4.69, 9.17) is 0 Å². The second-order valence-corrected chi connectivity index (χ2v) is 8.39. The van der Waals surface area contributed by atoms with Gasteiger partial charge in [0.1, 0.15) is 5.65 Å². The Hall–Kier alpha value is -4.10. The summed E-state index contributed by atoms with van der Waals surface area (Å²) < 4.78 is 0. The molecule has 5 rings (SSSR count). The van der Waals surface area contributed by atoms with Gasteiger partial charge in [0.25, 0.3) is 5.91 Å². The molecule has 0 radical (unpaired) electrons. The van der Waals surface area contributed by atoms with Crippen LogP contribution in [0.4, 0.5) is 0 Å². The van der Waals surface area contributed by atoms with Crippen molar-refractivity contribution in [2.75, 3.05) is 13.1 Å². The first-order valence-corrected chi connectivity index (χ1v) is 11.3. The van der Waals surface area contributed by atoms with Gasteiger partial charge in [-0.1, -0.05) is 18.2 Å². The Morgan fingerprint density at radius 2 is 1.79 bits per heavy atom. The van der Waals surface area contributed by atoms with E-state index >= 15 is 0 Å². The zero-order chi connectivity index (χ0) is 23.5. The monoisotopic (exact) mass is 452 g/mol. The van der Waals surface area contributed by atoms with Gasteiger partial charge in [-0.15, -0.1) is 0 Å². The molecular formula is C27H24N4O3. The van der Waals surface area contributed by atoms with Gasteiger partial charge in [0, 0.05) is 42.3 Å². The van der Waals surface area contributed by atoms with Crippen molar-refractivity contribution in [3.63, 3.8) is 0 Å². The van der Waals surface area contributed by atoms with Gasteiger partial charge >= 0.3 is 0 Å². The summed E-state index contributed by atoms with van der Waals surface area (Å²) in [6, 6.07) is 16.2. The van der Waals surface area contributed by atoms with E-state index in [2.05, 4.69) is 15.0 Å². The fraction of sp³-hybridized carbons (Fsp3) is 0.185. The predicted molar refractivity (Wildman–Crippen MR) is 132 cm³/mol. The normalized spacial score (nSPS) is 14.7. The van der Waals surface area contributed by atoms with Crippen LogP contribution in [0, 0.1) is 0 Å². The first-order valence-electron chi connectivity index (χ1n) is 11.3. The molecule has 0 atom stereocenters. The smallest absolute Gasteiger partial charge is 0.253 e. The topological polar surface area (TPSA) is 99.2 Å². The number of pyridine rings is 1. The molecule has 0 bridgehead atoms. The number of fused-ring (bicyclic) bond motifs is 1. The molecule has 0 saturated carbocycles. The highest BCUT2D eigenvalue weighted by molar-refractivity contribution is 5.94. The quantitative estimate of drug-likeness (QED) is 0.491. The summed E-state index contributed by atoms with van der Waals surface area (Å²) in [7, 11) is 0. The highest BCUT2D eigenvalue weighted by atomic mass is 16.3. The maximum atomic E-state index is 12.7. The predicted octanol–water partition coefficient (Wildman–Crippen LogP) is 3.75. The lowest BCUT2D eigenvalue weighted by atomic mass is 10.1. The molecule has 1 fully saturated rings. The molecule has 1 aliphatic rings. The Morgan fingerprint density at radius 1 is 1.00 bits per heavy atom. The largest absolute Gasteiger partial charge is 0.393 e. The molecule has 34 heavy (non-hydrogen) atoms. The van der Waals surface area contributed by atoms with E-state index in [-0.39, 0.29) is 17.4 Å². The SMILES string of the molecule is O=C(c1ccc(/C=C/c2cc(-c3cc4c(=O)cccnc4[nH]3)ccn2)cc1)N1CCC(O)CC1. The fourth-order valence-electron chi connectivity index (χ4n) is 4.10. The van der Waals surface area contributed by atoms with Crippen molar-refractivity contribution in [1.29, 1.82) is 0 Å². The number of hydrogen-bond donors (Lipinski definition) is 2. The number of aliphatic hydroxyl groups excluding tert-OH is 1. The Morgan fingerprint density at radius 3 is 2.59 bits per heavy atom. The summed E-state index contributed by atoms with van der Waals surface area (Å²) in [5.41, 5.74) is 4.55. The van der Waals surface area contributed by atoms with Crippen molar-refractivity contribution in [3.05, 3.63) is 94.0 Å². The molecule has 1 aromatic carbocycles. The van der Waals surface area contributed by atoms with Crippen molar-refractivity contribution < 1.29 is 9.90 Å². The summed E-state index contributed by atoms with van der Waals surface area (Å²) in [5.74, 6) is -0.000507. The van der Waals surface area contributed by atoms with Gasteiger partial charge < -0.3 is 15.0 Å². The Kier molecular flexibility index (Phi) is 6.01. The molecule has 4 aromatic rings. The van der Waals surface area contributed by atoms with E-state index in [1.54, 1.807) is 23.4 Å². The molecule has 0 unspecified atom stereocenters. The first-order chi connectivity index (χ1) is 16.6. The average molecular weight is 453 g/mol. The summed E-state index contributed by atoms with van der Waals surface area (Å²) in [4.78, 5) is 38.6. The van der Waals surface area contributed by atoms with Crippen molar-refractivity contribution in [3.8, 4) is 11.3 Å². The van der Waals surface area contributed by atoms with Crippen molar-refractivity contribution in [1.82, 2.24) is 19.9 Å². The van der Waals surface area contributed by atoms with Gasteiger partial charge in [-0.05, 0) is 66.9 Å². The van der Waals surface area contributed by atoms with E-state index in [0.29, 0.717) is 42.5 Å². The van der Waals surface area contributed by atoms with Crippen molar-refractivity contribution in [2.24, 2.45) is 0 Å². The third kappa shape index (κ3) is 4.65. The van der Waals surface area contributed by atoms with Crippen LogP contribution >= 0.6 is 0 Å². The van der Waals surface area contributed by atoms with E-state index < -0.39 is 0 Å². The zero-order valence-corrected chi connectivity index (χ0v) is 18.5. The number of benzene rings is 1. The molecule has 170 valence electrons. The van der Waals surface area contributed by atoms with Crippen LogP contribution in [0.5, 0.6) is 0 Å².